The first-order chi connectivity index (χ1) is 7.65. The predicted octanol–water partition coefficient (Wildman–Crippen LogP) is 2.09. The van der Waals surface area contributed by atoms with E-state index in [0.717, 1.165) is 13.1 Å². The summed E-state index contributed by atoms with van der Waals surface area (Å²) in [7, 11) is 0. The van der Waals surface area contributed by atoms with Crippen LogP contribution in [0.3, 0.4) is 0 Å². The Kier molecular flexibility index (Phi) is 5.49. The fourth-order valence-corrected chi connectivity index (χ4v) is 2.17. The number of amides is 1. The highest BCUT2D eigenvalue weighted by Crippen LogP contribution is 2.13. The third-order valence-electron chi connectivity index (χ3n) is 2.38. The number of nitrogens with one attached hydrogen (secondary N) is 1. The summed E-state index contributed by atoms with van der Waals surface area (Å²) in [6, 6.07) is 4.33. The van der Waals surface area contributed by atoms with E-state index in [2.05, 4.69) is 25.2 Å². The minimum absolute atomic E-state index is 0.172. The fraction of sp³-hybridized carbons (Fsp3) is 0.583. The van der Waals surface area contributed by atoms with Crippen molar-refractivity contribution < 1.29 is 4.79 Å². The molecule has 16 heavy (non-hydrogen) atoms. The van der Waals surface area contributed by atoms with Crippen LogP contribution in [0.2, 0.25) is 0 Å². The minimum Gasteiger partial charge on any atom is -0.334 e. The van der Waals surface area contributed by atoms with E-state index in [9.17, 15) is 4.79 Å². The van der Waals surface area contributed by atoms with E-state index in [1.807, 2.05) is 23.3 Å². The molecule has 0 aliphatic rings. The standard InChI is InChI=1S/C12H20N2OS/c1-4-13-8-12(15)14(10(2)3)9-11-6-5-7-16-11/h5-7,10,13H,4,8-9H2,1-3H3. The third-order valence-corrected chi connectivity index (χ3v) is 3.24. The van der Waals surface area contributed by atoms with E-state index in [4.69, 9.17) is 0 Å². The molecule has 0 atom stereocenters. The number of carbonyl (C=O) groups excluding carboxylic acids is 1. The lowest BCUT2D eigenvalue weighted by molar-refractivity contribution is -0.132. The van der Waals surface area contributed by atoms with Crippen LogP contribution in [-0.4, -0.2) is 29.9 Å². The zero-order valence-electron chi connectivity index (χ0n) is 10.2. The minimum atomic E-state index is 0.172. The Labute approximate surface area is 101 Å². The Morgan fingerprint density at radius 1 is 1.56 bits per heavy atom. The number of hydrogen-bond donors (Lipinski definition) is 1. The molecule has 0 aliphatic heterocycles. The molecule has 0 radical (unpaired) electrons. The number of thiophene rings is 1. The number of carbonyl (C=O) groups is 1. The summed E-state index contributed by atoms with van der Waals surface area (Å²) in [5, 5.41) is 5.12. The molecular formula is C12H20N2OS. The van der Waals surface area contributed by atoms with Gasteiger partial charge in [-0.1, -0.05) is 13.0 Å². The van der Waals surface area contributed by atoms with Crippen molar-refractivity contribution in [1.82, 2.24) is 10.2 Å². The summed E-state index contributed by atoms with van der Waals surface area (Å²) in [4.78, 5) is 15.1. The Morgan fingerprint density at radius 3 is 2.81 bits per heavy atom. The van der Waals surface area contributed by atoms with Crippen LogP contribution in [0.1, 0.15) is 25.6 Å². The molecule has 0 bridgehead atoms. The van der Waals surface area contributed by atoms with Crippen molar-refractivity contribution in [1.29, 1.82) is 0 Å². The third kappa shape index (κ3) is 3.94. The number of nitrogens with zero attached hydrogens (tertiary/aromatic N) is 1. The van der Waals surface area contributed by atoms with Crippen molar-refractivity contribution in [3.05, 3.63) is 22.4 Å². The molecule has 1 aromatic rings. The summed E-state index contributed by atoms with van der Waals surface area (Å²) >= 11 is 1.70. The highest BCUT2D eigenvalue weighted by molar-refractivity contribution is 7.09. The fourth-order valence-electron chi connectivity index (χ4n) is 1.46. The summed E-state index contributed by atoms with van der Waals surface area (Å²) in [6.07, 6.45) is 0. The lowest BCUT2D eigenvalue weighted by atomic mass is 10.3. The Balaban J connectivity index is 2.57. The molecule has 90 valence electrons. The van der Waals surface area contributed by atoms with Gasteiger partial charge in [-0.2, -0.15) is 0 Å². The van der Waals surface area contributed by atoms with E-state index in [-0.39, 0.29) is 11.9 Å². The first-order valence-electron chi connectivity index (χ1n) is 5.67. The van der Waals surface area contributed by atoms with Crippen LogP contribution in [0.4, 0.5) is 0 Å². The molecule has 1 rings (SSSR count). The van der Waals surface area contributed by atoms with Crippen molar-refractivity contribution in [2.45, 2.75) is 33.4 Å². The van der Waals surface area contributed by atoms with Crippen LogP contribution >= 0.6 is 11.3 Å². The van der Waals surface area contributed by atoms with Crippen LogP contribution in [0.5, 0.6) is 0 Å². The SMILES string of the molecule is CCNCC(=O)N(Cc1cccs1)C(C)C. The lowest BCUT2D eigenvalue weighted by Crippen LogP contribution is -2.41. The van der Waals surface area contributed by atoms with Gasteiger partial charge in [-0.15, -0.1) is 11.3 Å². The molecule has 4 heteroatoms. The van der Waals surface area contributed by atoms with Gasteiger partial charge in [0.1, 0.15) is 0 Å². The summed E-state index contributed by atoms with van der Waals surface area (Å²) in [6.45, 7) is 8.09. The Hall–Kier alpha value is -0.870. The molecule has 0 spiro atoms. The van der Waals surface area contributed by atoms with E-state index >= 15 is 0 Å². The maximum absolute atomic E-state index is 11.9. The van der Waals surface area contributed by atoms with Gasteiger partial charge in [0.2, 0.25) is 5.91 Å². The number of likely N-dealkylation sites (N-methyl/N-ethyl adjacent to an activating group) is 1. The monoisotopic (exact) mass is 240 g/mol. The van der Waals surface area contributed by atoms with Gasteiger partial charge < -0.3 is 10.2 Å². The van der Waals surface area contributed by atoms with E-state index in [1.165, 1.54) is 4.88 Å². The van der Waals surface area contributed by atoms with Gasteiger partial charge in [0.25, 0.3) is 0 Å². The second kappa shape index (κ2) is 6.66. The largest absolute Gasteiger partial charge is 0.334 e. The molecular weight excluding hydrogens is 220 g/mol. The number of hydrogen-bond acceptors (Lipinski definition) is 3. The van der Waals surface area contributed by atoms with E-state index in [0.29, 0.717) is 6.54 Å². The number of rotatable bonds is 6. The van der Waals surface area contributed by atoms with Crippen LogP contribution in [0.25, 0.3) is 0 Å². The van der Waals surface area contributed by atoms with Crippen molar-refractivity contribution >= 4 is 17.2 Å². The van der Waals surface area contributed by atoms with Gasteiger partial charge in [0.05, 0.1) is 13.1 Å². The molecule has 0 unspecified atom stereocenters. The van der Waals surface area contributed by atoms with Crippen LogP contribution in [0, 0.1) is 0 Å². The summed E-state index contributed by atoms with van der Waals surface area (Å²) in [5.41, 5.74) is 0. The van der Waals surface area contributed by atoms with Gasteiger partial charge in [-0.05, 0) is 31.8 Å². The molecule has 0 fully saturated rings. The molecule has 1 amide bonds. The highest BCUT2D eigenvalue weighted by Gasteiger charge is 2.16. The molecule has 0 aromatic carbocycles. The maximum Gasteiger partial charge on any atom is 0.237 e. The summed E-state index contributed by atoms with van der Waals surface area (Å²) < 4.78 is 0. The van der Waals surface area contributed by atoms with Crippen LogP contribution in [-0.2, 0) is 11.3 Å². The van der Waals surface area contributed by atoms with Crippen molar-refractivity contribution in [2.24, 2.45) is 0 Å². The Morgan fingerprint density at radius 2 is 2.31 bits per heavy atom. The van der Waals surface area contributed by atoms with Crippen LogP contribution in [0.15, 0.2) is 17.5 Å². The molecule has 3 nitrogen and oxygen atoms in total. The zero-order valence-corrected chi connectivity index (χ0v) is 11.0. The quantitative estimate of drug-likeness (QED) is 0.826. The average Bonchev–Trinajstić information content (AvgIpc) is 2.74. The normalized spacial score (nSPS) is 10.8. The lowest BCUT2D eigenvalue weighted by Gasteiger charge is -2.26. The first kappa shape index (κ1) is 13.2. The van der Waals surface area contributed by atoms with Crippen molar-refractivity contribution in [3.63, 3.8) is 0 Å². The molecule has 1 heterocycles. The van der Waals surface area contributed by atoms with Gasteiger partial charge in [0, 0.05) is 10.9 Å². The second-order valence-electron chi connectivity index (χ2n) is 3.98. The average molecular weight is 240 g/mol. The molecule has 0 saturated heterocycles. The zero-order chi connectivity index (χ0) is 12.0. The van der Waals surface area contributed by atoms with Crippen molar-refractivity contribution in [3.8, 4) is 0 Å². The smallest absolute Gasteiger partial charge is 0.237 e. The maximum atomic E-state index is 11.9. The van der Waals surface area contributed by atoms with Gasteiger partial charge in [0.15, 0.2) is 0 Å². The van der Waals surface area contributed by atoms with Crippen LogP contribution < -0.4 is 5.32 Å². The molecule has 1 N–H and O–H groups in total. The van der Waals surface area contributed by atoms with Gasteiger partial charge >= 0.3 is 0 Å². The van der Waals surface area contributed by atoms with Gasteiger partial charge in [-0.3, -0.25) is 4.79 Å². The molecule has 0 aliphatic carbocycles. The predicted molar refractivity (Wildman–Crippen MR) is 68.5 cm³/mol. The molecule has 1 aromatic heterocycles. The highest BCUT2D eigenvalue weighted by atomic mass is 32.1. The topological polar surface area (TPSA) is 32.3 Å². The summed E-state index contributed by atoms with van der Waals surface area (Å²) in [5.74, 6) is 0.172. The van der Waals surface area contributed by atoms with E-state index < -0.39 is 0 Å². The van der Waals surface area contributed by atoms with Gasteiger partial charge in [-0.25, -0.2) is 0 Å². The molecule has 0 saturated carbocycles. The van der Waals surface area contributed by atoms with E-state index in [1.54, 1.807) is 11.3 Å². The first-order valence-corrected chi connectivity index (χ1v) is 6.55. The Bertz CT molecular complexity index is 309. The second-order valence-corrected chi connectivity index (χ2v) is 5.01. The van der Waals surface area contributed by atoms with Crippen molar-refractivity contribution in [2.75, 3.05) is 13.1 Å².